The van der Waals surface area contributed by atoms with Crippen LogP contribution in [-0.4, -0.2) is 47.8 Å². The van der Waals surface area contributed by atoms with Gasteiger partial charge in [-0.25, -0.2) is 4.79 Å². The topological polar surface area (TPSA) is 119 Å². The molecule has 0 radical (unpaired) electrons. The quantitative estimate of drug-likeness (QED) is 0.188. The molecule has 37 heavy (non-hydrogen) atoms. The number of ether oxygens (including phenoxy) is 1. The van der Waals surface area contributed by atoms with E-state index in [0.717, 1.165) is 37.7 Å². The van der Waals surface area contributed by atoms with Crippen molar-refractivity contribution >= 4 is 68.5 Å². The van der Waals surface area contributed by atoms with Crippen molar-refractivity contribution in [2.45, 2.75) is 16.7 Å². The number of benzene rings is 3. The molecule has 0 saturated heterocycles. The van der Waals surface area contributed by atoms with Gasteiger partial charge in [0.15, 0.2) is 6.61 Å². The number of hydrogen-bond acceptors (Lipinski definition) is 7. The van der Waals surface area contributed by atoms with Crippen LogP contribution in [0.25, 0.3) is 0 Å². The molecule has 192 valence electrons. The van der Waals surface area contributed by atoms with Crippen molar-refractivity contribution in [2.24, 2.45) is 0 Å². The summed E-state index contributed by atoms with van der Waals surface area (Å²) in [5, 5.41) is 14.8. The lowest BCUT2D eigenvalue weighted by Gasteiger charge is -2.17. The second-order valence-electron chi connectivity index (χ2n) is 7.83. The number of anilines is 1. The van der Waals surface area contributed by atoms with Crippen molar-refractivity contribution in [2.75, 3.05) is 25.5 Å². The zero-order valence-corrected chi connectivity index (χ0v) is 22.9. The summed E-state index contributed by atoms with van der Waals surface area (Å²) < 4.78 is 5.91. The van der Waals surface area contributed by atoms with Crippen molar-refractivity contribution in [1.29, 1.82) is 0 Å². The molecule has 0 atom stereocenters. The summed E-state index contributed by atoms with van der Waals surface area (Å²) in [6, 6.07) is 16.1. The van der Waals surface area contributed by atoms with E-state index in [1.54, 1.807) is 36.4 Å². The Kier molecular flexibility index (Phi) is 9.67. The lowest BCUT2D eigenvalue weighted by atomic mass is 10.2. The van der Waals surface area contributed by atoms with Gasteiger partial charge in [0.1, 0.15) is 0 Å². The minimum absolute atomic E-state index is 0.0777. The normalized spacial score (nSPS) is 10.5. The minimum Gasteiger partial charge on any atom is -0.452 e. The predicted molar refractivity (Wildman–Crippen MR) is 144 cm³/mol. The Morgan fingerprint density at radius 1 is 1.11 bits per heavy atom. The fourth-order valence-electron chi connectivity index (χ4n) is 3.08. The molecule has 3 rings (SSSR count). The number of hydrogen-bond donors (Lipinski definition) is 1. The lowest BCUT2D eigenvalue weighted by Crippen LogP contribution is -2.37. The number of nitro benzene ring substituents is 1. The molecular formula is C25H21BrClN3O6S. The number of carbonyl (C=O) groups is 3. The Morgan fingerprint density at radius 2 is 1.81 bits per heavy atom. The van der Waals surface area contributed by atoms with Gasteiger partial charge in [-0.3, -0.25) is 19.7 Å². The van der Waals surface area contributed by atoms with Gasteiger partial charge in [0.2, 0.25) is 5.91 Å². The van der Waals surface area contributed by atoms with Crippen LogP contribution >= 0.6 is 39.3 Å². The van der Waals surface area contributed by atoms with E-state index in [9.17, 15) is 24.5 Å². The summed E-state index contributed by atoms with van der Waals surface area (Å²) >= 11 is 10.4. The Balaban J connectivity index is 1.57. The maximum absolute atomic E-state index is 12.5. The van der Waals surface area contributed by atoms with Crippen molar-refractivity contribution in [3.8, 4) is 0 Å². The smallest absolute Gasteiger partial charge is 0.338 e. The molecule has 0 aliphatic carbocycles. The summed E-state index contributed by atoms with van der Waals surface area (Å²) in [4.78, 5) is 50.3. The Bertz CT molecular complexity index is 1350. The highest BCUT2D eigenvalue weighted by Gasteiger charge is 2.21. The van der Waals surface area contributed by atoms with E-state index in [0.29, 0.717) is 15.6 Å². The number of nitro groups is 1. The molecular weight excluding hydrogens is 586 g/mol. The maximum Gasteiger partial charge on any atom is 0.338 e. The Labute approximate surface area is 230 Å². The van der Waals surface area contributed by atoms with E-state index in [4.69, 9.17) is 16.3 Å². The largest absolute Gasteiger partial charge is 0.452 e. The lowest BCUT2D eigenvalue weighted by molar-refractivity contribution is -0.387. The second kappa shape index (κ2) is 12.7. The van der Waals surface area contributed by atoms with Crippen LogP contribution in [0.3, 0.4) is 0 Å². The number of amides is 2. The Hall–Kier alpha value is -3.41. The number of likely N-dealkylation sites (N-methyl/N-ethyl adjacent to an activating group) is 1. The third-order valence-electron chi connectivity index (χ3n) is 5.03. The standard InChI is InChI=1S/C25H21BrClN3O6S/c1-15-11-17(26)4-9-20(15)28-23(31)13-29(2)24(32)14-36-25(33)16-3-10-22(21(12-16)30(34)35)37-19-7-5-18(27)6-8-19/h3-12H,13-14H2,1-2H3,(H,28,31). The fraction of sp³-hybridized carbons (Fsp3) is 0.160. The third kappa shape index (κ3) is 8.04. The molecule has 3 aromatic rings. The number of nitrogens with zero attached hydrogens (tertiary/aromatic N) is 2. The van der Waals surface area contributed by atoms with Gasteiger partial charge in [-0.2, -0.15) is 0 Å². The summed E-state index contributed by atoms with van der Waals surface area (Å²) in [5.41, 5.74) is 1.10. The highest BCUT2D eigenvalue weighted by Crippen LogP contribution is 2.36. The molecule has 9 nitrogen and oxygen atoms in total. The number of carbonyl (C=O) groups excluding carboxylic acids is 3. The van der Waals surface area contributed by atoms with Crippen LogP contribution in [0.15, 0.2) is 74.9 Å². The van der Waals surface area contributed by atoms with Crippen molar-refractivity contribution in [3.05, 3.63) is 91.4 Å². The highest BCUT2D eigenvalue weighted by molar-refractivity contribution is 9.10. The third-order valence-corrected chi connectivity index (χ3v) is 6.85. The second-order valence-corrected chi connectivity index (χ2v) is 10.3. The van der Waals surface area contributed by atoms with Gasteiger partial charge < -0.3 is 15.0 Å². The van der Waals surface area contributed by atoms with Crippen LogP contribution in [0.4, 0.5) is 11.4 Å². The molecule has 12 heteroatoms. The molecule has 0 aromatic heterocycles. The average Bonchev–Trinajstić information content (AvgIpc) is 2.85. The van der Waals surface area contributed by atoms with Crippen LogP contribution in [0, 0.1) is 17.0 Å². The molecule has 0 unspecified atom stereocenters. The summed E-state index contributed by atoms with van der Waals surface area (Å²) in [6.07, 6.45) is 0. The molecule has 3 aromatic carbocycles. The van der Waals surface area contributed by atoms with Gasteiger partial charge in [-0.05, 0) is 67.1 Å². The maximum atomic E-state index is 12.5. The fourth-order valence-corrected chi connectivity index (χ4v) is 4.59. The summed E-state index contributed by atoms with van der Waals surface area (Å²) in [6.45, 7) is 0.949. The van der Waals surface area contributed by atoms with E-state index in [-0.39, 0.29) is 17.8 Å². The number of rotatable bonds is 9. The van der Waals surface area contributed by atoms with E-state index in [1.807, 2.05) is 13.0 Å². The van der Waals surface area contributed by atoms with Gasteiger partial charge in [-0.1, -0.05) is 39.3 Å². The predicted octanol–water partition coefficient (Wildman–Crippen LogP) is 5.72. The molecule has 0 bridgehead atoms. The van der Waals surface area contributed by atoms with Gasteiger partial charge in [0, 0.05) is 33.2 Å². The zero-order valence-electron chi connectivity index (χ0n) is 19.7. The first-order valence-electron chi connectivity index (χ1n) is 10.7. The van der Waals surface area contributed by atoms with Gasteiger partial charge in [0.05, 0.1) is 21.9 Å². The number of halogens is 2. The first-order valence-corrected chi connectivity index (χ1v) is 12.7. The summed E-state index contributed by atoms with van der Waals surface area (Å²) in [5.74, 6) is -1.93. The monoisotopic (exact) mass is 605 g/mol. The molecule has 0 heterocycles. The van der Waals surface area contributed by atoms with Crippen LogP contribution in [0.1, 0.15) is 15.9 Å². The van der Waals surface area contributed by atoms with Crippen LogP contribution in [0.5, 0.6) is 0 Å². The van der Waals surface area contributed by atoms with E-state index in [2.05, 4.69) is 21.2 Å². The SMILES string of the molecule is Cc1cc(Br)ccc1NC(=O)CN(C)C(=O)COC(=O)c1ccc(Sc2ccc(Cl)cc2)c([N+](=O)[O-])c1. The molecule has 1 N–H and O–H groups in total. The molecule has 0 fully saturated rings. The van der Waals surface area contributed by atoms with Gasteiger partial charge in [-0.15, -0.1) is 0 Å². The van der Waals surface area contributed by atoms with Crippen LogP contribution in [-0.2, 0) is 14.3 Å². The molecule has 0 spiro atoms. The number of esters is 1. The van der Waals surface area contributed by atoms with E-state index in [1.165, 1.54) is 19.2 Å². The highest BCUT2D eigenvalue weighted by atomic mass is 79.9. The zero-order chi connectivity index (χ0) is 27.1. The molecule has 0 saturated carbocycles. The van der Waals surface area contributed by atoms with Crippen LogP contribution < -0.4 is 5.32 Å². The van der Waals surface area contributed by atoms with Crippen molar-refractivity contribution in [3.63, 3.8) is 0 Å². The van der Waals surface area contributed by atoms with Crippen LogP contribution in [0.2, 0.25) is 5.02 Å². The molecule has 0 aliphatic heterocycles. The van der Waals surface area contributed by atoms with Gasteiger partial charge >= 0.3 is 5.97 Å². The Morgan fingerprint density at radius 3 is 2.46 bits per heavy atom. The molecule has 0 aliphatic rings. The van der Waals surface area contributed by atoms with Gasteiger partial charge in [0.25, 0.3) is 11.6 Å². The summed E-state index contributed by atoms with van der Waals surface area (Å²) in [7, 11) is 1.40. The van der Waals surface area contributed by atoms with E-state index < -0.39 is 29.3 Å². The van der Waals surface area contributed by atoms with E-state index >= 15 is 0 Å². The molecule has 2 amide bonds. The average molecular weight is 607 g/mol. The minimum atomic E-state index is -0.900. The first-order chi connectivity index (χ1) is 17.5. The van der Waals surface area contributed by atoms with Crippen molar-refractivity contribution in [1.82, 2.24) is 4.90 Å². The van der Waals surface area contributed by atoms with Crippen molar-refractivity contribution < 1.29 is 24.0 Å². The number of aryl methyl sites for hydroxylation is 1. The first kappa shape index (κ1) is 28.2. The number of nitrogens with one attached hydrogen (secondary N) is 1.